The van der Waals surface area contributed by atoms with E-state index in [-0.39, 0.29) is 24.3 Å². The molecular formula is C28H30N2O5. The Kier molecular flexibility index (Phi) is 6.09. The molecular weight excluding hydrogens is 444 g/mol. The average molecular weight is 475 g/mol. The summed E-state index contributed by atoms with van der Waals surface area (Å²) in [6, 6.07) is 15.3. The number of carboxylic acids is 1. The molecule has 5 rings (SSSR count). The minimum atomic E-state index is -1.12. The number of amides is 2. The summed E-state index contributed by atoms with van der Waals surface area (Å²) < 4.78 is 5.63. The van der Waals surface area contributed by atoms with Crippen LogP contribution in [0.25, 0.3) is 11.1 Å². The van der Waals surface area contributed by atoms with Gasteiger partial charge < -0.3 is 20.1 Å². The number of carbonyl (C=O) groups excluding carboxylic acids is 2. The summed E-state index contributed by atoms with van der Waals surface area (Å²) in [6.07, 6.45) is 3.91. The Balaban J connectivity index is 1.28. The standard InChI is InChI=1S/C28H30N2O5/c1-2-3-14-24(25(31)30-15-8-9-18-16-28(18,30)26(32)33)29-27(34)35-17-23-21-12-6-4-10-19(21)20-11-5-7-13-22(20)23/h2,4-7,10-13,18,23-24H,1,3,8-9,14-17H2,(H,29,34)(H,32,33)/t18-,24?,28+/m0/s1. The zero-order chi connectivity index (χ0) is 24.6. The molecule has 2 amide bonds. The van der Waals surface area contributed by atoms with Crippen LogP contribution in [0.2, 0.25) is 0 Å². The minimum absolute atomic E-state index is 0.00721. The van der Waals surface area contributed by atoms with Crippen LogP contribution in [0.4, 0.5) is 4.79 Å². The summed E-state index contributed by atoms with van der Waals surface area (Å²) in [4.78, 5) is 39.8. The molecule has 2 aromatic carbocycles. The SMILES string of the molecule is C=CCCC(NC(=O)OCC1c2ccccc2-c2ccccc21)C(=O)N1CCC[C@H]2C[C@]21C(=O)O. The maximum atomic E-state index is 13.4. The van der Waals surface area contributed by atoms with Crippen LogP contribution in [-0.4, -0.2) is 52.7 Å². The lowest BCUT2D eigenvalue weighted by atomic mass is 9.98. The van der Waals surface area contributed by atoms with Gasteiger partial charge in [-0.3, -0.25) is 4.79 Å². The molecule has 7 heteroatoms. The van der Waals surface area contributed by atoms with Crippen LogP contribution in [0.1, 0.15) is 49.1 Å². The molecule has 1 saturated heterocycles. The van der Waals surface area contributed by atoms with Crippen LogP contribution in [-0.2, 0) is 14.3 Å². The molecule has 2 fully saturated rings. The minimum Gasteiger partial charge on any atom is -0.479 e. The van der Waals surface area contributed by atoms with Crippen molar-refractivity contribution in [3.8, 4) is 11.1 Å². The number of allylic oxidation sites excluding steroid dienone is 1. The zero-order valence-corrected chi connectivity index (χ0v) is 19.6. The number of nitrogens with zero attached hydrogens (tertiary/aromatic N) is 1. The molecule has 182 valence electrons. The van der Waals surface area contributed by atoms with Gasteiger partial charge in [-0.1, -0.05) is 54.6 Å². The van der Waals surface area contributed by atoms with Crippen LogP contribution >= 0.6 is 0 Å². The van der Waals surface area contributed by atoms with E-state index in [4.69, 9.17) is 4.74 Å². The summed E-state index contributed by atoms with van der Waals surface area (Å²) in [7, 11) is 0. The first kappa shape index (κ1) is 23.1. The Morgan fingerprint density at radius 1 is 1.14 bits per heavy atom. The van der Waals surface area contributed by atoms with Gasteiger partial charge in [0.05, 0.1) is 0 Å². The second-order valence-electron chi connectivity index (χ2n) is 9.65. The van der Waals surface area contributed by atoms with Crippen molar-refractivity contribution in [2.45, 2.75) is 49.6 Å². The van der Waals surface area contributed by atoms with E-state index in [2.05, 4.69) is 24.0 Å². The molecule has 2 aromatic rings. The lowest BCUT2D eigenvalue weighted by Gasteiger charge is -2.36. The number of alkyl carbamates (subject to hydrolysis) is 1. The highest BCUT2D eigenvalue weighted by atomic mass is 16.5. The van der Waals surface area contributed by atoms with Crippen molar-refractivity contribution < 1.29 is 24.2 Å². The predicted octanol–water partition coefficient (Wildman–Crippen LogP) is 4.33. The Morgan fingerprint density at radius 2 is 1.80 bits per heavy atom. The fourth-order valence-electron chi connectivity index (χ4n) is 5.88. The number of hydrogen-bond acceptors (Lipinski definition) is 4. The van der Waals surface area contributed by atoms with Crippen LogP contribution in [0.3, 0.4) is 0 Å². The Labute approximate surface area is 204 Å². The smallest absolute Gasteiger partial charge is 0.407 e. The molecule has 1 unspecified atom stereocenters. The summed E-state index contributed by atoms with van der Waals surface area (Å²) in [5.41, 5.74) is 3.37. The van der Waals surface area contributed by atoms with E-state index in [9.17, 15) is 19.5 Å². The molecule has 0 aromatic heterocycles. The molecule has 0 bridgehead atoms. The molecule has 2 aliphatic carbocycles. The predicted molar refractivity (Wildman–Crippen MR) is 131 cm³/mol. The first-order chi connectivity index (χ1) is 17.0. The Hall–Kier alpha value is -3.61. The topological polar surface area (TPSA) is 95.9 Å². The van der Waals surface area contributed by atoms with Gasteiger partial charge in [-0.15, -0.1) is 6.58 Å². The number of benzene rings is 2. The maximum Gasteiger partial charge on any atom is 0.407 e. The molecule has 7 nitrogen and oxygen atoms in total. The number of carboxylic acid groups (broad SMARTS) is 1. The molecule has 3 atom stereocenters. The van der Waals surface area contributed by atoms with Gasteiger partial charge in [-0.25, -0.2) is 9.59 Å². The summed E-state index contributed by atoms with van der Waals surface area (Å²) >= 11 is 0. The molecule has 0 spiro atoms. The van der Waals surface area contributed by atoms with Crippen LogP contribution in [0, 0.1) is 5.92 Å². The number of rotatable bonds is 8. The van der Waals surface area contributed by atoms with E-state index in [1.165, 1.54) is 4.90 Å². The summed E-state index contributed by atoms with van der Waals surface area (Å²) in [5.74, 6) is -1.41. The number of ether oxygens (including phenoxy) is 1. The van der Waals surface area contributed by atoms with Crippen molar-refractivity contribution in [1.82, 2.24) is 10.2 Å². The van der Waals surface area contributed by atoms with Crippen LogP contribution in [0.5, 0.6) is 0 Å². The van der Waals surface area contributed by atoms with Crippen molar-refractivity contribution in [2.75, 3.05) is 13.2 Å². The van der Waals surface area contributed by atoms with Gasteiger partial charge in [0.25, 0.3) is 0 Å². The van der Waals surface area contributed by atoms with Gasteiger partial charge in [0.15, 0.2) is 0 Å². The van der Waals surface area contributed by atoms with E-state index in [0.29, 0.717) is 25.8 Å². The fraction of sp³-hybridized carbons (Fsp3) is 0.393. The number of likely N-dealkylation sites (tertiary alicyclic amines) is 1. The van der Waals surface area contributed by atoms with E-state index in [0.717, 1.165) is 35.1 Å². The van der Waals surface area contributed by atoms with Gasteiger partial charge in [-0.05, 0) is 60.3 Å². The molecule has 2 N–H and O–H groups in total. The highest BCUT2D eigenvalue weighted by molar-refractivity contribution is 5.94. The third-order valence-electron chi connectivity index (χ3n) is 7.72. The van der Waals surface area contributed by atoms with E-state index in [1.807, 2.05) is 36.4 Å². The van der Waals surface area contributed by atoms with Gasteiger partial charge >= 0.3 is 12.1 Å². The number of carbonyl (C=O) groups is 3. The van der Waals surface area contributed by atoms with E-state index >= 15 is 0 Å². The number of aliphatic carboxylic acids is 1. The first-order valence-electron chi connectivity index (χ1n) is 12.2. The monoisotopic (exact) mass is 474 g/mol. The molecule has 1 aliphatic heterocycles. The number of nitrogens with one attached hydrogen (secondary N) is 1. The number of fused-ring (bicyclic) bond motifs is 4. The third-order valence-corrected chi connectivity index (χ3v) is 7.72. The van der Waals surface area contributed by atoms with Gasteiger partial charge in [-0.2, -0.15) is 0 Å². The zero-order valence-electron chi connectivity index (χ0n) is 19.6. The molecule has 0 radical (unpaired) electrons. The largest absolute Gasteiger partial charge is 0.479 e. The van der Waals surface area contributed by atoms with Gasteiger partial charge in [0.2, 0.25) is 5.91 Å². The molecule has 1 heterocycles. The van der Waals surface area contributed by atoms with Crippen molar-refractivity contribution in [3.63, 3.8) is 0 Å². The second-order valence-corrected chi connectivity index (χ2v) is 9.65. The summed E-state index contributed by atoms with van der Waals surface area (Å²) in [5, 5.41) is 12.6. The van der Waals surface area contributed by atoms with Gasteiger partial charge in [0.1, 0.15) is 18.2 Å². The first-order valence-corrected chi connectivity index (χ1v) is 12.2. The van der Waals surface area contributed by atoms with Crippen molar-refractivity contribution in [2.24, 2.45) is 5.92 Å². The lowest BCUT2D eigenvalue weighted by Crippen LogP contribution is -2.57. The summed E-state index contributed by atoms with van der Waals surface area (Å²) in [6.45, 7) is 4.25. The quantitative estimate of drug-likeness (QED) is 0.556. The average Bonchev–Trinajstić information content (AvgIpc) is 3.56. The second kappa shape index (κ2) is 9.21. The van der Waals surface area contributed by atoms with Crippen molar-refractivity contribution in [1.29, 1.82) is 0 Å². The highest BCUT2D eigenvalue weighted by Crippen LogP contribution is 2.54. The molecule has 35 heavy (non-hydrogen) atoms. The van der Waals surface area contributed by atoms with Gasteiger partial charge in [0, 0.05) is 12.5 Å². The van der Waals surface area contributed by atoms with Crippen LogP contribution in [0.15, 0.2) is 61.2 Å². The normalized spacial score (nSPS) is 22.9. The Morgan fingerprint density at radius 3 is 2.43 bits per heavy atom. The lowest BCUT2D eigenvalue weighted by molar-refractivity contribution is -0.155. The highest BCUT2D eigenvalue weighted by Gasteiger charge is 2.67. The fourth-order valence-corrected chi connectivity index (χ4v) is 5.88. The van der Waals surface area contributed by atoms with Crippen molar-refractivity contribution in [3.05, 3.63) is 72.3 Å². The van der Waals surface area contributed by atoms with Crippen LogP contribution < -0.4 is 5.32 Å². The molecule has 1 saturated carbocycles. The van der Waals surface area contributed by atoms with E-state index in [1.54, 1.807) is 6.08 Å². The number of piperidine rings is 1. The molecule has 3 aliphatic rings. The Bertz CT molecular complexity index is 1130. The third kappa shape index (κ3) is 3.99. The van der Waals surface area contributed by atoms with Crippen molar-refractivity contribution >= 4 is 18.0 Å². The number of hydrogen-bond donors (Lipinski definition) is 2. The maximum absolute atomic E-state index is 13.4. The van der Waals surface area contributed by atoms with E-state index < -0.39 is 23.6 Å².